The Morgan fingerprint density at radius 1 is 1.30 bits per heavy atom. The first-order valence-electron chi connectivity index (χ1n) is 7.94. The van der Waals surface area contributed by atoms with Crippen LogP contribution in [0.3, 0.4) is 0 Å². The van der Waals surface area contributed by atoms with E-state index in [1.54, 1.807) is 0 Å². The second kappa shape index (κ2) is 6.77. The number of nitrogens with zero attached hydrogens (tertiary/aromatic N) is 1. The Hall–Kier alpha value is -0.800. The highest BCUT2D eigenvalue weighted by molar-refractivity contribution is 5.17. The fraction of sp³-hybridized carbons (Fsp3) is 0.765. The number of piperidine rings is 1. The summed E-state index contributed by atoms with van der Waals surface area (Å²) in [5, 5.41) is 3.47. The van der Waals surface area contributed by atoms with Crippen molar-refractivity contribution in [2.45, 2.75) is 53.6 Å². The van der Waals surface area contributed by atoms with Crippen LogP contribution in [0.2, 0.25) is 0 Å². The summed E-state index contributed by atoms with van der Waals surface area (Å²) in [7, 11) is 0. The molecule has 20 heavy (non-hydrogen) atoms. The summed E-state index contributed by atoms with van der Waals surface area (Å²) in [5.41, 5.74) is 1.87. The molecule has 3 heteroatoms. The third kappa shape index (κ3) is 4.64. The van der Waals surface area contributed by atoms with E-state index in [0.29, 0.717) is 11.3 Å². The highest BCUT2D eigenvalue weighted by Gasteiger charge is 2.25. The summed E-state index contributed by atoms with van der Waals surface area (Å²) in [5.74, 6) is 1.79. The quantitative estimate of drug-likeness (QED) is 0.861. The zero-order valence-corrected chi connectivity index (χ0v) is 13.5. The van der Waals surface area contributed by atoms with Crippen LogP contribution < -0.4 is 5.32 Å². The minimum Gasteiger partial charge on any atom is -0.468 e. The molecule has 1 aromatic rings. The van der Waals surface area contributed by atoms with Crippen molar-refractivity contribution in [3.63, 3.8) is 0 Å². The molecule has 0 aromatic carbocycles. The van der Waals surface area contributed by atoms with Crippen LogP contribution in [0, 0.1) is 11.3 Å². The van der Waals surface area contributed by atoms with Crippen molar-refractivity contribution < 1.29 is 4.42 Å². The Labute approximate surface area is 123 Å². The molecule has 0 aliphatic carbocycles. The lowest BCUT2D eigenvalue weighted by atomic mass is 9.82. The Morgan fingerprint density at radius 2 is 2.00 bits per heavy atom. The summed E-state index contributed by atoms with van der Waals surface area (Å²) < 4.78 is 5.64. The highest BCUT2D eigenvalue weighted by atomic mass is 16.3. The minimum absolute atomic E-state index is 0.522. The van der Waals surface area contributed by atoms with Gasteiger partial charge < -0.3 is 9.73 Å². The van der Waals surface area contributed by atoms with E-state index < -0.39 is 0 Å². The monoisotopic (exact) mass is 278 g/mol. The van der Waals surface area contributed by atoms with E-state index in [9.17, 15) is 0 Å². The molecule has 114 valence electrons. The molecule has 0 amide bonds. The van der Waals surface area contributed by atoms with E-state index in [0.717, 1.165) is 25.4 Å². The fourth-order valence-electron chi connectivity index (χ4n) is 2.69. The third-order valence-electron chi connectivity index (χ3n) is 4.28. The molecule has 0 atom stereocenters. The molecule has 3 nitrogen and oxygen atoms in total. The SMILES string of the molecule is CC(C)CNCc1occc1CN1CCC(C)(C)CC1. The van der Waals surface area contributed by atoms with Gasteiger partial charge in [-0.3, -0.25) is 4.90 Å². The van der Waals surface area contributed by atoms with Gasteiger partial charge in [-0.2, -0.15) is 0 Å². The molecule has 0 saturated carbocycles. The van der Waals surface area contributed by atoms with E-state index in [1.807, 2.05) is 6.26 Å². The van der Waals surface area contributed by atoms with Crippen molar-refractivity contribution in [1.29, 1.82) is 0 Å². The van der Waals surface area contributed by atoms with Crippen molar-refractivity contribution in [1.82, 2.24) is 10.2 Å². The summed E-state index contributed by atoms with van der Waals surface area (Å²) in [6, 6.07) is 2.13. The fourth-order valence-corrected chi connectivity index (χ4v) is 2.69. The largest absolute Gasteiger partial charge is 0.468 e. The molecule has 2 rings (SSSR count). The Balaban J connectivity index is 1.83. The predicted octanol–water partition coefficient (Wildman–Crippen LogP) is 3.65. The first-order valence-corrected chi connectivity index (χ1v) is 7.94. The summed E-state index contributed by atoms with van der Waals surface area (Å²) in [6.07, 6.45) is 4.42. The number of furan rings is 1. The highest BCUT2D eigenvalue weighted by Crippen LogP contribution is 2.30. The summed E-state index contributed by atoms with van der Waals surface area (Å²) in [6.45, 7) is 14.5. The molecule has 1 fully saturated rings. The molecular formula is C17H30N2O. The first-order chi connectivity index (χ1) is 9.46. The topological polar surface area (TPSA) is 28.4 Å². The van der Waals surface area contributed by atoms with Gasteiger partial charge in [-0.15, -0.1) is 0 Å². The van der Waals surface area contributed by atoms with Crippen LogP contribution in [0.15, 0.2) is 16.7 Å². The molecule has 1 aliphatic heterocycles. The third-order valence-corrected chi connectivity index (χ3v) is 4.28. The van der Waals surface area contributed by atoms with Gasteiger partial charge in [0.1, 0.15) is 5.76 Å². The molecule has 1 aromatic heterocycles. The smallest absolute Gasteiger partial charge is 0.122 e. The van der Waals surface area contributed by atoms with Crippen LogP contribution in [0.4, 0.5) is 0 Å². The Kier molecular flexibility index (Phi) is 5.28. The van der Waals surface area contributed by atoms with E-state index in [1.165, 1.54) is 31.5 Å². The molecule has 0 spiro atoms. The Morgan fingerprint density at radius 3 is 2.65 bits per heavy atom. The zero-order chi connectivity index (χ0) is 14.6. The number of nitrogens with one attached hydrogen (secondary N) is 1. The predicted molar refractivity (Wildman–Crippen MR) is 83.5 cm³/mol. The zero-order valence-electron chi connectivity index (χ0n) is 13.5. The van der Waals surface area contributed by atoms with Crippen molar-refractivity contribution in [3.05, 3.63) is 23.7 Å². The molecule has 1 N–H and O–H groups in total. The number of likely N-dealkylation sites (tertiary alicyclic amines) is 1. The summed E-state index contributed by atoms with van der Waals surface area (Å²) in [4.78, 5) is 2.56. The Bertz CT molecular complexity index is 399. The maximum absolute atomic E-state index is 5.64. The lowest BCUT2D eigenvalue weighted by Gasteiger charge is -2.36. The average molecular weight is 278 g/mol. The maximum atomic E-state index is 5.64. The van der Waals surface area contributed by atoms with Gasteiger partial charge in [0.25, 0.3) is 0 Å². The van der Waals surface area contributed by atoms with Gasteiger partial charge >= 0.3 is 0 Å². The van der Waals surface area contributed by atoms with Gasteiger partial charge in [-0.25, -0.2) is 0 Å². The van der Waals surface area contributed by atoms with E-state index in [2.05, 4.69) is 44.0 Å². The van der Waals surface area contributed by atoms with Crippen LogP contribution in [0.25, 0.3) is 0 Å². The average Bonchev–Trinajstić information content (AvgIpc) is 2.79. The lowest BCUT2D eigenvalue weighted by Crippen LogP contribution is -2.37. The number of hydrogen-bond donors (Lipinski definition) is 1. The molecule has 0 bridgehead atoms. The van der Waals surface area contributed by atoms with Crippen molar-refractivity contribution in [3.8, 4) is 0 Å². The van der Waals surface area contributed by atoms with Crippen LogP contribution in [-0.4, -0.2) is 24.5 Å². The van der Waals surface area contributed by atoms with Gasteiger partial charge in [0.05, 0.1) is 12.8 Å². The molecule has 1 saturated heterocycles. The lowest BCUT2D eigenvalue weighted by molar-refractivity contribution is 0.126. The van der Waals surface area contributed by atoms with Crippen molar-refractivity contribution in [2.75, 3.05) is 19.6 Å². The van der Waals surface area contributed by atoms with Crippen molar-refractivity contribution in [2.24, 2.45) is 11.3 Å². The number of hydrogen-bond acceptors (Lipinski definition) is 3. The molecule has 1 aliphatic rings. The van der Waals surface area contributed by atoms with Gasteiger partial charge in [-0.1, -0.05) is 27.7 Å². The molecule has 0 radical (unpaired) electrons. The van der Waals surface area contributed by atoms with Crippen molar-refractivity contribution >= 4 is 0 Å². The van der Waals surface area contributed by atoms with Crippen LogP contribution in [-0.2, 0) is 13.1 Å². The van der Waals surface area contributed by atoms with Gasteiger partial charge in [0.15, 0.2) is 0 Å². The molecule has 0 unspecified atom stereocenters. The summed E-state index contributed by atoms with van der Waals surface area (Å²) >= 11 is 0. The normalized spacial score (nSPS) is 19.6. The van der Waals surface area contributed by atoms with Gasteiger partial charge in [-0.05, 0) is 49.9 Å². The minimum atomic E-state index is 0.522. The maximum Gasteiger partial charge on any atom is 0.122 e. The molecule has 2 heterocycles. The second-order valence-corrected chi connectivity index (χ2v) is 7.33. The van der Waals surface area contributed by atoms with Crippen LogP contribution in [0.1, 0.15) is 51.9 Å². The number of rotatable bonds is 6. The standard InChI is InChI=1S/C17H30N2O/c1-14(2)11-18-12-16-15(5-10-20-16)13-19-8-6-17(3,4)7-9-19/h5,10,14,18H,6-9,11-13H2,1-4H3. The van der Waals surface area contributed by atoms with Gasteiger partial charge in [0, 0.05) is 12.1 Å². The van der Waals surface area contributed by atoms with Crippen LogP contribution >= 0.6 is 0 Å². The first kappa shape index (κ1) is 15.6. The second-order valence-electron chi connectivity index (χ2n) is 7.33. The van der Waals surface area contributed by atoms with Crippen LogP contribution in [0.5, 0.6) is 0 Å². The van der Waals surface area contributed by atoms with Gasteiger partial charge in [0.2, 0.25) is 0 Å². The van der Waals surface area contributed by atoms with E-state index in [-0.39, 0.29) is 0 Å². The van der Waals surface area contributed by atoms with E-state index >= 15 is 0 Å². The van der Waals surface area contributed by atoms with E-state index in [4.69, 9.17) is 4.42 Å². The molecular weight excluding hydrogens is 248 g/mol.